The van der Waals surface area contributed by atoms with Crippen molar-refractivity contribution in [1.29, 1.82) is 0 Å². The lowest BCUT2D eigenvalue weighted by Crippen LogP contribution is -2.25. The molecule has 4 heteroatoms. The van der Waals surface area contributed by atoms with Gasteiger partial charge in [0.1, 0.15) is 23.5 Å². The van der Waals surface area contributed by atoms with E-state index in [4.69, 9.17) is 10.5 Å². The third kappa shape index (κ3) is 2.16. The molecule has 0 aliphatic carbocycles. The molecule has 2 aromatic carbocycles. The van der Waals surface area contributed by atoms with E-state index < -0.39 is 17.7 Å². The minimum absolute atomic E-state index is 0.0471. The van der Waals surface area contributed by atoms with E-state index in [1.807, 2.05) is 19.1 Å². The summed E-state index contributed by atoms with van der Waals surface area (Å²) in [6.07, 6.45) is -0.338. The van der Waals surface area contributed by atoms with Crippen LogP contribution in [0.15, 0.2) is 36.4 Å². The van der Waals surface area contributed by atoms with Gasteiger partial charge in [0, 0.05) is 18.0 Å². The summed E-state index contributed by atoms with van der Waals surface area (Å²) in [5.41, 5.74) is 8.04. The second-order valence-corrected chi connectivity index (χ2v) is 5.13. The zero-order valence-electron chi connectivity index (χ0n) is 11.1. The first-order valence-electron chi connectivity index (χ1n) is 6.53. The lowest BCUT2D eigenvalue weighted by molar-refractivity contribution is 0.153. The van der Waals surface area contributed by atoms with Crippen molar-refractivity contribution in [3.63, 3.8) is 0 Å². The number of nitrogens with two attached hydrogens (primary N) is 1. The van der Waals surface area contributed by atoms with Gasteiger partial charge in [0.05, 0.1) is 5.56 Å². The van der Waals surface area contributed by atoms with Crippen molar-refractivity contribution >= 4 is 0 Å². The van der Waals surface area contributed by atoms with E-state index in [1.54, 1.807) is 6.07 Å². The van der Waals surface area contributed by atoms with Crippen molar-refractivity contribution in [3.05, 3.63) is 64.7 Å². The van der Waals surface area contributed by atoms with Crippen LogP contribution in [0.1, 0.15) is 35.3 Å². The van der Waals surface area contributed by atoms with Crippen LogP contribution in [-0.4, -0.2) is 0 Å². The number of hydrogen-bond acceptors (Lipinski definition) is 2. The maximum atomic E-state index is 13.8. The summed E-state index contributed by atoms with van der Waals surface area (Å²) in [4.78, 5) is 0. The van der Waals surface area contributed by atoms with Gasteiger partial charge in [0.2, 0.25) is 0 Å². The zero-order valence-corrected chi connectivity index (χ0v) is 11.1. The van der Waals surface area contributed by atoms with Gasteiger partial charge in [0.15, 0.2) is 0 Å². The molecule has 1 aliphatic heterocycles. The summed E-state index contributed by atoms with van der Waals surface area (Å²) in [5, 5.41) is 0. The monoisotopic (exact) mass is 275 g/mol. The highest BCUT2D eigenvalue weighted by Crippen LogP contribution is 2.41. The SMILES string of the molecule is Cc1ccc2c(c1)[C@@H](N)CC(c1c(F)cccc1F)O2. The number of halogens is 2. The molecule has 0 spiro atoms. The Morgan fingerprint density at radius 1 is 1.15 bits per heavy atom. The highest BCUT2D eigenvalue weighted by molar-refractivity contribution is 5.42. The molecule has 20 heavy (non-hydrogen) atoms. The van der Waals surface area contributed by atoms with Crippen LogP contribution >= 0.6 is 0 Å². The molecule has 2 aromatic rings. The minimum atomic E-state index is -0.693. The van der Waals surface area contributed by atoms with Crippen LogP contribution in [0.4, 0.5) is 8.78 Å². The first-order chi connectivity index (χ1) is 9.56. The molecule has 1 unspecified atom stereocenters. The van der Waals surface area contributed by atoms with Crippen LogP contribution in [0.25, 0.3) is 0 Å². The minimum Gasteiger partial charge on any atom is -0.485 e. The first kappa shape index (κ1) is 13.1. The quantitative estimate of drug-likeness (QED) is 0.859. The highest BCUT2D eigenvalue weighted by atomic mass is 19.1. The fourth-order valence-electron chi connectivity index (χ4n) is 2.62. The number of hydrogen-bond donors (Lipinski definition) is 1. The fourth-order valence-corrected chi connectivity index (χ4v) is 2.62. The van der Waals surface area contributed by atoms with Gasteiger partial charge in [-0.25, -0.2) is 8.78 Å². The zero-order chi connectivity index (χ0) is 14.3. The van der Waals surface area contributed by atoms with E-state index in [9.17, 15) is 8.78 Å². The van der Waals surface area contributed by atoms with Crippen molar-refractivity contribution in [2.45, 2.75) is 25.5 Å². The third-order valence-electron chi connectivity index (χ3n) is 3.62. The predicted octanol–water partition coefficient (Wildman–Crippen LogP) is 3.80. The van der Waals surface area contributed by atoms with Gasteiger partial charge >= 0.3 is 0 Å². The molecule has 2 atom stereocenters. The molecule has 104 valence electrons. The molecule has 0 fully saturated rings. The van der Waals surface area contributed by atoms with Crippen LogP contribution in [0.3, 0.4) is 0 Å². The Morgan fingerprint density at radius 2 is 1.85 bits per heavy atom. The molecule has 0 saturated heterocycles. The summed E-state index contributed by atoms with van der Waals surface area (Å²) >= 11 is 0. The van der Waals surface area contributed by atoms with Crippen LogP contribution in [0.2, 0.25) is 0 Å². The fraction of sp³-hybridized carbons (Fsp3) is 0.250. The molecule has 0 saturated carbocycles. The summed E-state index contributed by atoms with van der Waals surface area (Å²) in [5.74, 6) is -0.600. The topological polar surface area (TPSA) is 35.2 Å². The predicted molar refractivity (Wildman–Crippen MR) is 72.5 cm³/mol. The van der Waals surface area contributed by atoms with Gasteiger partial charge in [0.25, 0.3) is 0 Å². The highest BCUT2D eigenvalue weighted by Gasteiger charge is 2.30. The Kier molecular flexibility index (Phi) is 3.18. The van der Waals surface area contributed by atoms with Gasteiger partial charge < -0.3 is 10.5 Å². The average molecular weight is 275 g/mol. The number of fused-ring (bicyclic) bond motifs is 1. The smallest absolute Gasteiger partial charge is 0.133 e. The van der Waals surface area contributed by atoms with Crippen LogP contribution in [0, 0.1) is 18.6 Å². The Bertz CT molecular complexity index is 637. The molecular formula is C16H15F2NO. The number of benzene rings is 2. The largest absolute Gasteiger partial charge is 0.485 e. The van der Waals surface area contributed by atoms with Crippen molar-refractivity contribution in [3.8, 4) is 5.75 Å². The Balaban J connectivity index is 2.01. The molecule has 0 aromatic heterocycles. The first-order valence-corrected chi connectivity index (χ1v) is 6.53. The molecule has 0 bridgehead atoms. The molecule has 2 nitrogen and oxygen atoms in total. The van der Waals surface area contributed by atoms with E-state index in [0.29, 0.717) is 12.2 Å². The van der Waals surface area contributed by atoms with Gasteiger partial charge in [-0.05, 0) is 25.1 Å². The van der Waals surface area contributed by atoms with Gasteiger partial charge in [-0.2, -0.15) is 0 Å². The summed E-state index contributed by atoms with van der Waals surface area (Å²) in [6.45, 7) is 1.97. The maximum Gasteiger partial charge on any atom is 0.133 e. The van der Waals surface area contributed by atoms with Gasteiger partial charge in [-0.1, -0.05) is 23.8 Å². The molecule has 3 rings (SSSR count). The Morgan fingerprint density at radius 3 is 2.55 bits per heavy atom. The van der Waals surface area contributed by atoms with E-state index in [-0.39, 0.29) is 11.6 Å². The van der Waals surface area contributed by atoms with E-state index in [2.05, 4.69) is 0 Å². The van der Waals surface area contributed by atoms with Gasteiger partial charge in [-0.15, -0.1) is 0 Å². The molecule has 1 heterocycles. The molecule has 1 aliphatic rings. The summed E-state index contributed by atoms with van der Waals surface area (Å²) in [7, 11) is 0. The Hall–Kier alpha value is -1.94. The van der Waals surface area contributed by atoms with E-state index in [1.165, 1.54) is 18.2 Å². The van der Waals surface area contributed by atoms with Crippen molar-refractivity contribution in [2.75, 3.05) is 0 Å². The second-order valence-electron chi connectivity index (χ2n) is 5.13. The molecule has 0 radical (unpaired) electrons. The van der Waals surface area contributed by atoms with E-state index in [0.717, 1.165) is 11.1 Å². The van der Waals surface area contributed by atoms with Crippen LogP contribution < -0.4 is 10.5 Å². The average Bonchev–Trinajstić information content (AvgIpc) is 2.39. The number of aryl methyl sites for hydroxylation is 1. The van der Waals surface area contributed by atoms with Crippen LogP contribution in [-0.2, 0) is 0 Å². The maximum absolute atomic E-state index is 13.8. The molecular weight excluding hydrogens is 260 g/mol. The normalized spacial score (nSPS) is 21.2. The Labute approximate surface area is 116 Å². The second kappa shape index (κ2) is 4.87. The molecule has 2 N–H and O–H groups in total. The standard InChI is InChI=1S/C16H15F2NO/c1-9-5-6-14-10(7-9)13(19)8-15(20-14)16-11(17)3-2-4-12(16)18/h2-7,13,15H,8,19H2,1H3/t13-,15?/m0/s1. The number of rotatable bonds is 1. The molecule has 0 amide bonds. The van der Waals surface area contributed by atoms with Crippen molar-refractivity contribution < 1.29 is 13.5 Å². The summed E-state index contributed by atoms with van der Waals surface area (Å²) in [6, 6.07) is 9.17. The van der Waals surface area contributed by atoms with E-state index >= 15 is 0 Å². The third-order valence-corrected chi connectivity index (χ3v) is 3.62. The summed E-state index contributed by atoms with van der Waals surface area (Å²) < 4.78 is 33.4. The lowest BCUT2D eigenvalue weighted by atomic mass is 9.92. The number of ether oxygens (including phenoxy) is 1. The lowest BCUT2D eigenvalue weighted by Gasteiger charge is -2.31. The van der Waals surface area contributed by atoms with Crippen molar-refractivity contribution in [2.24, 2.45) is 5.73 Å². The van der Waals surface area contributed by atoms with Crippen molar-refractivity contribution in [1.82, 2.24) is 0 Å². The van der Waals surface area contributed by atoms with Crippen LogP contribution in [0.5, 0.6) is 5.75 Å². The van der Waals surface area contributed by atoms with Gasteiger partial charge in [-0.3, -0.25) is 0 Å².